The summed E-state index contributed by atoms with van der Waals surface area (Å²) in [5, 5.41) is 9.46. The molecule has 0 radical (unpaired) electrons. The number of nitrogens with two attached hydrogens (primary N) is 1. The average molecular weight is 303 g/mol. The summed E-state index contributed by atoms with van der Waals surface area (Å²) in [5.74, 6) is 1.53. The fraction of sp³-hybridized carbons (Fsp3) is 0.533. The number of rotatable bonds is 1. The van der Waals surface area contributed by atoms with Crippen molar-refractivity contribution in [3.63, 3.8) is 0 Å². The molecule has 0 bridgehead atoms. The van der Waals surface area contributed by atoms with Gasteiger partial charge in [0.05, 0.1) is 16.3 Å². The third-order valence-corrected chi connectivity index (χ3v) is 5.38. The molecular formula is C15H21N5S. The summed E-state index contributed by atoms with van der Waals surface area (Å²) in [7, 11) is 1.82. The van der Waals surface area contributed by atoms with Crippen molar-refractivity contribution in [2.45, 2.75) is 32.2 Å². The molecule has 3 heterocycles. The molecule has 0 aliphatic carbocycles. The van der Waals surface area contributed by atoms with Crippen LogP contribution in [0.2, 0.25) is 0 Å². The van der Waals surface area contributed by atoms with Crippen molar-refractivity contribution in [1.82, 2.24) is 15.1 Å². The highest BCUT2D eigenvalue weighted by Crippen LogP contribution is 2.42. The monoisotopic (exact) mass is 303 g/mol. The van der Waals surface area contributed by atoms with Crippen LogP contribution in [-0.4, -0.2) is 40.9 Å². The number of aliphatic imine (C=N–C) groups is 1. The Balaban J connectivity index is 2.06. The van der Waals surface area contributed by atoms with E-state index in [0.717, 1.165) is 51.4 Å². The van der Waals surface area contributed by atoms with Crippen LogP contribution in [0.3, 0.4) is 0 Å². The lowest BCUT2D eigenvalue weighted by atomic mass is 10.1. The average Bonchev–Trinajstić information content (AvgIpc) is 3.06. The minimum Gasteiger partial charge on any atom is -0.384 e. The van der Waals surface area contributed by atoms with E-state index in [9.17, 15) is 0 Å². The predicted molar refractivity (Wildman–Crippen MR) is 86.4 cm³/mol. The number of hydrogen-bond donors (Lipinski definition) is 1. The quantitative estimate of drug-likeness (QED) is 0.860. The number of nitrogens with zero attached hydrogens (tertiary/aromatic N) is 4. The number of thioether (sulfide) groups is 1. The van der Waals surface area contributed by atoms with Gasteiger partial charge in [0.1, 0.15) is 10.8 Å². The molecule has 1 atom stereocenters. The zero-order valence-electron chi connectivity index (χ0n) is 13.0. The highest BCUT2D eigenvalue weighted by molar-refractivity contribution is 8.04. The van der Waals surface area contributed by atoms with Gasteiger partial charge in [-0.25, -0.2) is 0 Å². The van der Waals surface area contributed by atoms with E-state index in [1.807, 2.05) is 14.0 Å². The molecule has 0 unspecified atom stereocenters. The van der Waals surface area contributed by atoms with Crippen LogP contribution in [0.25, 0.3) is 0 Å². The second kappa shape index (κ2) is 5.33. The van der Waals surface area contributed by atoms with Crippen LogP contribution in [0.4, 0.5) is 0 Å². The first-order valence-corrected chi connectivity index (χ1v) is 8.08. The molecule has 1 saturated heterocycles. The van der Waals surface area contributed by atoms with E-state index >= 15 is 0 Å². The topological polar surface area (TPSA) is 67.4 Å². The number of likely N-dealkylation sites (tertiary alicyclic amines) is 1. The van der Waals surface area contributed by atoms with Gasteiger partial charge >= 0.3 is 0 Å². The maximum atomic E-state index is 6.44. The standard InChI is InChI=1S/C15H21N5S/c1-8-5-6-20(7-8)14(16)13-12(17-4)11-9(2)10(3)18-19-15(11)21-13/h8H,5-7,16H2,1-4H3/b14-13-,17-12-/t8-/m0/s1. The number of hydrogen-bond acceptors (Lipinski definition) is 6. The molecular weight excluding hydrogens is 282 g/mol. The highest BCUT2D eigenvalue weighted by atomic mass is 32.2. The first-order valence-electron chi connectivity index (χ1n) is 7.26. The Morgan fingerprint density at radius 1 is 1.38 bits per heavy atom. The summed E-state index contributed by atoms with van der Waals surface area (Å²) in [6.07, 6.45) is 1.20. The Morgan fingerprint density at radius 3 is 2.76 bits per heavy atom. The van der Waals surface area contributed by atoms with Crippen molar-refractivity contribution >= 4 is 17.5 Å². The van der Waals surface area contributed by atoms with Crippen molar-refractivity contribution in [2.75, 3.05) is 20.1 Å². The van der Waals surface area contributed by atoms with E-state index in [1.54, 1.807) is 11.8 Å². The second-order valence-corrected chi connectivity index (χ2v) is 6.82. The summed E-state index contributed by atoms with van der Waals surface area (Å²) < 4.78 is 0. The smallest absolute Gasteiger partial charge is 0.133 e. The first kappa shape index (κ1) is 14.4. The Labute approximate surface area is 129 Å². The van der Waals surface area contributed by atoms with Crippen LogP contribution in [0.5, 0.6) is 0 Å². The normalized spacial score (nSPS) is 25.6. The van der Waals surface area contributed by atoms with Crippen LogP contribution in [-0.2, 0) is 0 Å². The minimum atomic E-state index is 0.698. The lowest BCUT2D eigenvalue weighted by molar-refractivity contribution is 0.405. The maximum Gasteiger partial charge on any atom is 0.133 e. The molecule has 1 aromatic rings. The van der Waals surface area contributed by atoms with E-state index in [0.29, 0.717) is 5.92 Å². The molecule has 1 aromatic heterocycles. The summed E-state index contributed by atoms with van der Waals surface area (Å²) in [5.41, 5.74) is 10.6. The van der Waals surface area contributed by atoms with Gasteiger partial charge in [0.2, 0.25) is 0 Å². The van der Waals surface area contributed by atoms with Gasteiger partial charge < -0.3 is 10.6 Å². The van der Waals surface area contributed by atoms with Gasteiger partial charge in [-0.3, -0.25) is 4.99 Å². The number of aryl methyl sites for hydroxylation is 1. The molecule has 6 heteroatoms. The third-order valence-electron chi connectivity index (χ3n) is 4.29. The first-order chi connectivity index (χ1) is 10.0. The van der Waals surface area contributed by atoms with Crippen LogP contribution in [0.15, 0.2) is 20.7 Å². The van der Waals surface area contributed by atoms with E-state index in [4.69, 9.17) is 5.73 Å². The molecule has 0 spiro atoms. The Hall–Kier alpha value is -1.56. The van der Waals surface area contributed by atoms with E-state index in [-0.39, 0.29) is 0 Å². The van der Waals surface area contributed by atoms with Gasteiger partial charge in [-0.15, -0.1) is 5.10 Å². The largest absolute Gasteiger partial charge is 0.384 e. The number of aromatic nitrogens is 2. The van der Waals surface area contributed by atoms with Crippen molar-refractivity contribution in [1.29, 1.82) is 0 Å². The number of fused-ring (bicyclic) bond motifs is 1. The SMILES string of the molecule is C/N=C1\C(=C(/N)N2CC[C@H](C)C2)Sc2nnc(C)c(C)c21. The fourth-order valence-corrected chi connectivity index (χ4v) is 4.03. The summed E-state index contributed by atoms with van der Waals surface area (Å²) >= 11 is 1.60. The molecule has 2 aliphatic heterocycles. The molecule has 5 nitrogen and oxygen atoms in total. The summed E-state index contributed by atoms with van der Waals surface area (Å²) in [6, 6.07) is 0. The van der Waals surface area contributed by atoms with E-state index in [2.05, 4.69) is 33.9 Å². The molecule has 21 heavy (non-hydrogen) atoms. The lowest BCUT2D eigenvalue weighted by Gasteiger charge is -2.20. The molecule has 3 rings (SSSR count). The summed E-state index contributed by atoms with van der Waals surface area (Å²) in [6.45, 7) is 8.36. The zero-order chi connectivity index (χ0) is 15.1. The van der Waals surface area contributed by atoms with E-state index < -0.39 is 0 Å². The van der Waals surface area contributed by atoms with Crippen molar-refractivity contribution < 1.29 is 0 Å². The van der Waals surface area contributed by atoms with Gasteiger partial charge in [0.15, 0.2) is 0 Å². The molecule has 0 saturated carbocycles. The Bertz CT molecular complexity index is 650. The van der Waals surface area contributed by atoms with Crippen molar-refractivity contribution in [3.8, 4) is 0 Å². The zero-order valence-corrected chi connectivity index (χ0v) is 13.8. The fourth-order valence-electron chi connectivity index (χ4n) is 2.88. The Kier molecular flexibility index (Phi) is 3.65. The van der Waals surface area contributed by atoms with Gasteiger partial charge in [-0.2, -0.15) is 5.10 Å². The molecule has 112 valence electrons. The molecule has 1 fully saturated rings. The molecule has 2 N–H and O–H groups in total. The number of allylic oxidation sites excluding steroid dienone is 1. The predicted octanol–water partition coefficient (Wildman–Crippen LogP) is 2.09. The Morgan fingerprint density at radius 2 is 2.14 bits per heavy atom. The van der Waals surface area contributed by atoms with Crippen LogP contribution in [0.1, 0.15) is 30.2 Å². The van der Waals surface area contributed by atoms with Crippen LogP contribution >= 0.6 is 11.8 Å². The van der Waals surface area contributed by atoms with Gasteiger partial charge in [-0.05, 0) is 31.7 Å². The second-order valence-electron chi connectivity index (χ2n) is 5.82. The third kappa shape index (κ3) is 2.31. The molecule has 0 aromatic carbocycles. The van der Waals surface area contributed by atoms with Gasteiger partial charge in [0, 0.05) is 25.7 Å². The van der Waals surface area contributed by atoms with Crippen molar-refractivity contribution in [2.24, 2.45) is 16.6 Å². The molecule has 2 aliphatic rings. The van der Waals surface area contributed by atoms with E-state index in [1.165, 1.54) is 6.42 Å². The highest BCUT2D eigenvalue weighted by Gasteiger charge is 2.32. The van der Waals surface area contributed by atoms with Crippen LogP contribution < -0.4 is 5.73 Å². The maximum absolute atomic E-state index is 6.44. The van der Waals surface area contributed by atoms with Gasteiger partial charge in [-0.1, -0.05) is 18.7 Å². The minimum absolute atomic E-state index is 0.698. The van der Waals surface area contributed by atoms with Crippen LogP contribution in [0, 0.1) is 19.8 Å². The van der Waals surface area contributed by atoms with Crippen molar-refractivity contribution in [3.05, 3.63) is 27.5 Å². The lowest BCUT2D eigenvalue weighted by Crippen LogP contribution is -2.27. The summed E-state index contributed by atoms with van der Waals surface area (Å²) in [4.78, 5) is 7.78. The van der Waals surface area contributed by atoms with Gasteiger partial charge in [0.25, 0.3) is 0 Å². The molecule has 0 amide bonds.